The fourth-order valence-electron chi connectivity index (χ4n) is 2.22. The molecule has 0 radical (unpaired) electrons. The summed E-state index contributed by atoms with van der Waals surface area (Å²) < 4.78 is 2.27. The van der Waals surface area contributed by atoms with Crippen LogP contribution in [0.15, 0.2) is 16.6 Å². The average molecular weight is 460 g/mol. The molecule has 3 nitrogen and oxygen atoms in total. The Morgan fingerprint density at radius 2 is 1.76 bits per heavy atom. The maximum Gasteiger partial charge on any atom is 0.161 e. The van der Waals surface area contributed by atoms with E-state index in [1.54, 1.807) is 0 Å². The number of hydrogen-bond donors (Lipinski definition) is 1. The zero-order valence-electron chi connectivity index (χ0n) is 12.7. The molecule has 0 unspecified atom stereocenters. The lowest BCUT2D eigenvalue weighted by atomic mass is 10.1. The molecule has 21 heavy (non-hydrogen) atoms. The molecule has 1 aromatic heterocycles. The molecule has 112 valence electrons. The van der Waals surface area contributed by atoms with E-state index >= 15 is 0 Å². The van der Waals surface area contributed by atoms with Gasteiger partial charge >= 0.3 is 0 Å². The van der Waals surface area contributed by atoms with Crippen LogP contribution >= 0.6 is 38.5 Å². The van der Waals surface area contributed by atoms with Gasteiger partial charge in [-0.3, -0.25) is 0 Å². The number of nitrogens with one attached hydrogen (secondary N) is 1. The summed E-state index contributed by atoms with van der Waals surface area (Å²) in [6.45, 7) is 9.26. The number of rotatable bonds is 4. The summed E-state index contributed by atoms with van der Waals surface area (Å²) in [5, 5.41) is 3.33. The largest absolute Gasteiger partial charge is 0.369 e. The number of nitrogens with zero attached hydrogens (tertiary/aromatic N) is 2. The Balaban J connectivity index is 2.60. The second-order valence-corrected chi connectivity index (χ2v) is 6.84. The first-order valence-electron chi connectivity index (χ1n) is 7.05. The molecule has 1 N–H and O–H groups in total. The van der Waals surface area contributed by atoms with Gasteiger partial charge in [0.15, 0.2) is 5.82 Å². The third kappa shape index (κ3) is 3.56. The molecule has 2 rings (SSSR count). The normalized spacial score (nSPS) is 10.8. The standard InChI is InChI=1S/C16H19BrIN3/c1-5-12-14(18)16(19-6-2)21-15(20-12)11-7-9(3)13(17)10(4)8-11/h7-8H,5-6H2,1-4H3,(H,19,20,21). The van der Waals surface area contributed by atoms with E-state index in [1.807, 2.05) is 0 Å². The number of hydrogen-bond acceptors (Lipinski definition) is 3. The maximum atomic E-state index is 4.74. The minimum absolute atomic E-state index is 0.793. The van der Waals surface area contributed by atoms with Gasteiger partial charge in [0.05, 0.1) is 9.26 Å². The van der Waals surface area contributed by atoms with Gasteiger partial charge in [-0.2, -0.15) is 0 Å². The summed E-state index contributed by atoms with van der Waals surface area (Å²) in [4.78, 5) is 9.45. The van der Waals surface area contributed by atoms with Gasteiger partial charge in [0.25, 0.3) is 0 Å². The number of halogens is 2. The minimum atomic E-state index is 0.793. The third-order valence-corrected chi connectivity index (χ3v) is 5.68. The molecule has 1 heterocycles. The summed E-state index contributed by atoms with van der Waals surface area (Å²) >= 11 is 5.93. The van der Waals surface area contributed by atoms with Gasteiger partial charge in [-0.15, -0.1) is 0 Å². The van der Waals surface area contributed by atoms with Crippen LogP contribution in [0.4, 0.5) is 5.82 Å². The lowest BCUT2D eigenvalue weighted by Crippen LogP contribution is -2.07. The quantitative estimate of drug-likeness (QED) is 0.644. The average Bonchev–Trinajstić information content (AvgIpc) is 2.46. The van der Waals surface area contributed by atoms with E-state index < -0.39 is 0 Å². The Morgan fingerprint density at radius 1 is 1.14 bits per heavy atom. The van der Waals surface area contributed by atoms with Crippen LogP contribution in [0.25, 0.3) is 11.4 Å². The summed E-state index contributed by atoms with van der Waals surface area (Å²) in [5.41, 5.74) is 4.57. The summed E-state index contributed by atoms with van der Waals surface area (Å²) in [5.74, 6) is 1.72. The Kier molecular flexibility index (Phi) is 5.60. The summed E-state index contributed by atoms with van der Waals surface area (Å²) in [7, 11) is 0. The van der Waals surface area contributed by atoms with Crippen molar-refractivity contribution in [2.75, 3.05) is 11.9 Å². The Hall–Kier alpha value is -0.690. The molecular formula is C16H19BrIN3. The van der Waals surface area contributed by atoms with Gasteiger partial charge in [0.2, 0.25) is 0 Å². The predicted octanol–water partition coefficient (Wildman–Crippen LogP) is 5.12. The van der Waals surface area contributed by atoms with Gasteiger partial charge in [0, 0.05) is 16.6 Å². The van der Waals surface area contributed by atoms with Crippen LogP contribution in [-0.2, 0) is 6.42 Å². The van der Waals surface area contributed by atoms with Crippen LogP contribution in [0.3, 0.4) is 0 Å². The van der Waals surface area contributed by atoms with E-state index in [1.165, 1.54) is 11.1 Å². The second kappa shape index (κ2) is 7.05. The first-order valence-corrected chi connectivity index (χ1v) is 8.92. The molecule has 0 atom stereocenters. The molecule has 0 saturated heterocycles. The van der Waals surface area contributed by atoms with Gasteiger partial charge in [-0.1, -0.05) is 22.9 Å². The van der Waals surface area contributed by atoms with Crippen molar-refractivity contribution in [2.24, 2.45) is 0 Å². The highest BCUT2D eigenvalue weighted by atomic mass is 127. The van der Waals surface area contributed by atoms with E-state index in [-0.39, 0.29) is 0 Å². The Morgan fingerprint density at radius 3 is 2.29 bits per heavy atom. The molecule has 2 aromatic rings. The highest BCUT2D eigenvalue weighted by molar-refractivity contribution is 14.1. The van der Waals surface area contributed by atoms with Crippen molar-refractivity contribution in [1.29, 1.82) is 0 Å². The van der Waals surface area contributed by atoms with E-state index in [0.29, 0.717) is 0 Å². The highest BCUT2D eigenvalue weighted by Crippen LogP contribution is 2.29. The zero-order valence-corrected chi connectivity index (χ0v) is 16.5. The molecule has 0 aliphatic heterocycles. The predicted molar refractivity (Wildman–Crippen MR) is 101 cm³/mol. The van der Waals surface area contributed by atoms with Crippen LogP contribution in [-0.4, -0.2) is 16.5 Å². The van der Waals surface area contributed by atoms with Crippen LogP contribution in [0, 0.1) is 17.4 Å². The molecule has 0 saturated carbocycles. The van der Waals surface area contributed by atoms with Crippen molar-refractivity contribution in [3.8, 4) is 11.4 Å². The van der Waals surface area contributed by atoms with Crippen molar-refractivity contribution >= 4 is 44.3 Å². The number of benzene rings is 1. The van der Waals surface area contributed by atoms with Gasteiger partial charge in [0.1, 0.15) is 5.82 Å². The SMILES string of the molecule is CCNc1nc(-c2cc(C)c(Br)c(C)c2)nc(CC)c1I. The van der Waals surface area contributed by atoms with Crippen molar-refractivity contribution in [3.05, 3.63) is 37.0 Å². The summed E-state index contributed by atoms with van der Waals surface area (Å²) in [6, 6.07) is 4.27. The van der Waals surface area contributed by atoms with E-state index in [0.717, 1.165) is 43.9 Å². The van der Waals surface area contributed by atoms with Gasteiger partial charge in [-0.25, -0.2) is 9.97 Å². The first-order chi connectivity index (χ1) is 9.97. The molecular weight excluding hydrogens is 441 g/mol. The maximum absolute atomic E-state index is 4.74. The highest BCUT2D eigenvalue weighted by Gasteiger charge is 2.13. The third-order valence-electron chi connectivity index (χ3n) is 3.29. The first kappa shape index (κ1) is 16.7. The fraction of sp³-hybridized carbons (Fsp3) is 0.375. The minimum Gasteiger partial charge on any atom is -0.369 e. The van der Waals surface area contributed by atoms with E-state index in [2.05, 4.69) is 83.7 Å². The monoisotopic (exact) mass is 459 g/mol. The Labute approximate surface area is 148 Å². The topological polar surface area (TPSA) is 37.8 Å². The van der Waals surface area contributed by atoms with Crippen molar-refractivity contribution in [2.45, 2.75) is 34.1 Å². The van der Waals surface area contributed by atoms with Gasteiger partial charge in [-0.05, 0) is 73.0 Å². The molecule has 0 fully saturated rings. The lowest BCUT2D eigenvalue weighted by molar-refractivity contribution is 0.982. The smallest absolute Gasteiger partial charge is 0.161 e. The van der Waals surface area contributed by atoms with Crippen LogP contribution < -0.4 is 5.32 Å². The number of aryl methyl sites for hydroxylation is 3. The van der Waals surface area contributed by atoms with Crippen LogP contribution in [0.1, 0.15) is 30.7 Å². The number of aromatic nitrogens is 2. The van der Waals surface area contributed by atoms with Crippen molar-refractivity contribution < 1.29 is 0 Å². The lowest BCUT2D eigenvalue weighted by Gasteiger charge is -2.13. The zero-order chi connectivity index (χ0) is 15.6. The van der Waals surface area contributed by atoms with Crippen LogP contribution in [0.5, 0.6) is 0 Å². The molecule has 1 aromatic carbocycles. The van der Waals surface area contributed by atoms with E-state index in [9.17, 15) is 0 Å². The summed E-state index contributed by atoms with van der Waals surface area (Å²) in [6.07, 6.45) is 0.903. The molecule has 5 heteroatoms. The Bertz CT molecular complexity index is 648. The number of anilines is 1. The molecule has 0 aliphatic carbocycles. The van der Waals surface area contributed by atoms with Crippen molar-refractivity contribution in [3.63, 3.8) is 0 Å². The van der Waals surface area contributed by atoms with Crippen LogP contribution in [0.2, 0.25) is 0 Å². The van der Waals surface area contributed by atoms with Gasteiger partial charge < -0.3 is 5.32 Å². The second-order valence-electron chi connectivity index (χ2n) is 4.96. The molecule has 0 spiro atoms. The molecule has 0 amide bonds. The molecule has 0 bridgehead atoms. The van der Waals surface area contributed by atoms with Crippen molar-refractivity contribution in [1.82, 2.24) is 9.97 Å². The molecule has 0 aliphatic rings. The van der Waals surface area contributed by atoms with E-state index in [4.69, 9.17) is 9.97 Å². The fourth-order valence-corrected chi connectivity index (χ4v) is 3.26.